The molecule has 2 heterocycles. The number of aromatic nitrogens is 2. The fourth-order valence-electron chi connectivity index (χ4n) is 3.10. The molecule has 0 unspecified atom stereocenters. The van der Waals surface area contributed by atoms with Gasteiger partial charge < -0.3 is 4.90 Å². The van der Waals surface area contributed by atoms with Crippen LogP contribution >= 0.6 is 11.6 Å². The first-order valence-corrected chi connectivity index (χ1v) is 8.55. The summed E-state index contributed by atoms with van der Waals surface area (Å²) in [6.07, 6.45) is 1.23. The minimum Gasteiger partial charge on any atom is -0.340 e. The smallest absolute Gasteiger partial charge is 0.331 e. The van der Waals surface area contributed by atoms with Gasteiger partial charge in [0.25, 0.3) is 5.56 Å². The number of carbonyl (C=O) groups is 1. The lowest BCUT2D eigenvalue weighted by molar-refractivity contribution is -0.131. The summed E-state index contributed by atoms with van der Waals surface area (Å²) < 4.78 is 2.28. The highest BCUT2D eigenvalue weighted by atomic mass is 35.5. The Bertz CT molecular complexity index is 1010. The molecule has 1 amide bonds. The summed E-state index contributed by atoms with van der Waals surface area (Å²) >= 11 is 5.85. The van der Waals surface area contributed by atoms with Gasteiger partial charge in [-0.05, 0) is 30.5 Å². The summed E-state index contributed by atoms with van der Waals surface area (Å²) in [6.45, 7) is 0.386. The summed E-state index contributed by atoms with van der Waals surface area (Å²) in [5, 5.41) is 9.88. The molecule has 0 radical (unpaired) electrons. The van der Waals surface area contributed by atoms with Crippen molar-refractivity contribution in [3.8, 4) is 6.07 Å². The molecule has 0 fully saturated rings. The van der Waals surface area contributed by atoms with E-state index in [2.05, 4.69) is 0 Å². The Morgan fingerprint density at radius 1 is 1.31 bits per heavy atom. The lowest BCUT2D eigenvalue weighted by Crippen LogP contribution is -2.45. The normalized spacial score (nSPS) is 12.5. The third-order valence-electron chi connectivity index (χ3n) is 4.49. The average Bonchev–Trinajstić information content (AvgIpc) is 3.10. The molecule has 0 aliphatic carbocycles. The second-order valence-corrected chi connectivity index (χ2v) is 6.68. The van der Waals surface area contributed by atoms with Crippen LogP contribution in [0.2, 0.25) is 5.02 Å². The zero-order valence-corrected chi connectivity index (χ0v) is 15.0. The van der Waals surface area contributed by atoms with Crippen molar-refractivity contribution in [2.24, 2.45) is 0 Å². The number of halogens is 1. The number of nitriles is 1. The Morgan fingerprint density at radius 2 is 2.00 bits per heavy atom. The molecule has 1 aliphatic rings. The van der Waals surface area contributed by atoms with E-state index in [1.807, 2.05) is 6.07 Å². The van der Waals surface area contributed by atoms with Gasteiger partial charge in [-0.3, -0.25) is 14.2 Å². The Hall–Kier alpha value is -2.85. The van der Waals surface area contributed by atoms with Crippen LogP contribution in [0.3, 0.4) is 0 Å². The first-order chi connectivity index (χ1) is 12.4. The van der Waals surface area contributed by atoms with Gasteiger partial charge in [-0.1, -0.05) is 23.7 Å². The van der Waals surface area contributed by atoms with Crippen molar-refractivity contribution in [3.63, 3.8) is 0 Å². The van der Waals surface area contributed by atoms with Crippen LogP contribution < -0.4 is 11.2 Å². The molecule has 0 N–H and O–H groups in total. The minimum absolute atomic E-state index is 0.0461. The maximum Gasteiger partial charge on any atom is 0.331 e. The van der Waals surface area contributed by atoms with Crippen molar-refractivity contribution >= 4 is 17.5 Å². The van der Waals surface area contributed by atoms with E-state index < -0.39 is 17.8 Å². The van der Waals surface area contributed by atoms with Crippen LogP contribution in [-0.2, 0) is 30.8 Å². The summed E-state index contributed by atoms with van der Waals surface area (Å²) in [4.78, 5) is 38.9. The highest BCUT2D eigenvalue weighted by molar-refractivity contribution is 6.30. The topological polar surface area (TPSA) is 88.1 Å². The molecule has 7 nitrogen and oxygen atoms in total. The van der Waals surface area contributed by atoms with Gasteiger partial charge in [0.15, 0.2) is 0 Å². The number of carbonyl (C=O) groups excluding carboxylic acids is 1. The lowest BCUT2D eigenvalue weighted by atomic mass is 10.2. The van der Waals surface area contributed by atoms with Crippen LogP contribution in [0.4, 0.5) is 0 Å². The number of likely N-dealkylation sites (N-methyl/N-ethyl adjacent to an activating group) is 1. The van der Waals surface area contributed by atoms with Gasteiger partial charge in [0.2, 0.25) is 5.91 Å². The fourth-order valence-corrected chi connectivity index (χ4v) is 3.22. The van der Waals surface area contributed by atoms with Crippen LogP contribution in [0.15, 0.2) is 33.9 Å². The molecule has 2 aromatic rings. The number of hydrogen-bond donors (Lipinski definition) is 0. The predicted molar refractivity (Wildman–Crippen MR) is 95.9 cm³/mol. The highest BCUT2D eigenvalue weighted by Crippen LogP contribution is 2.13. The maximum absolute atomic E-state index is 12.5. The van der Waals surface area contributed by atoms with Gasteiger partial charge in [-0.25, -0.2) is 9.36 Å². The quantitative estimate of drug-likeness (QED) is 0.805. The molecule has 1 aromatic heterocycles. The number of rotatable bonds is 4. The molecule has 0 spiro atoms. The molecule has 134 valence electrons. The van der Waals surface area contributed by atoms with Gasteiger partial charge in [-0.2, -0.15) is 5.26 Å². The van der Waals surface area contributed by atoms with E-state index in [0.29, 0.717) is 36.6 Å². The summed E-state index contributed by atoms with van der Waals surface area (Å²) in [6, 6.07) is 8.94. The monoisotopic (exact) mass is 372 g/mol. The van der Waals surface area contributed by atoms with Crippen LogP contribution in [0.5, 0.6) is 0 Å². The second kappa shape index (κ2) is 7.18. The van der Waals surface area contributed by atoms with E-state index >= 15 is 0 Å². The van der Waals surface area contributed by atoms with Crippen molar-refractivity contribution in [2.75, 3.05) is 7.05 Å². The van der Waals surface area contributed by atoms with Gasteiger partial charge in [0.1, 0.15) is 18.2 Å². The van der Waals surface area contributed by atoms with Crippen molar-refractivity contribution in [3.05, 3.63) is 66.9 Å². The van der Waals surface area contributed by atoms with E-state index in [-0.39, 0.29) is 11.5 Å². The van der Waals surface area contributed by atoms with Crippen molar-refractivity contribution in [1.82, 2.24) is 14.0 Å². The molecule has 0 saturated carbocycles. The van der Waals surface area contributed by atoms with Gasteiger partial charge >= 0.3 is 5.69 Å². The maximum atomic E-state index is 12.5. The van der Waals surface area contributed by atoms with E-state index in [1.165, 1.54) is 9.47 Å². The molecule has 8 heteroatoms. The Labute approximate surface area is 154 Å². The van der Waals surface area contributed by atoms with Crippen LogP contribution in [0.1, 0.15) is 23.2 Å². The van der Waals surface area contributed by atoms with E-state index in [9.17, 15) is 19.6 Å². The molecule has 0 atom stereocenters. The summed E-state index contributed by atoms with van der Waals surface area (Å²) in [7, 11) is 1.60. The van der Waals surface area contributed by atoms with Gasteiger partial charge in [0, 0.05) is 30.9 Å². The molecule has 0 bridgehead atoms. The zero-order chi connectivity index (χ0) is 18.8. The Balaban J connectivity index is 1.86. The Morgan fingerprint density at radius 3 is 2.65 bits per heavy atom. The van der Waals surface area contributed by atoms with Crippen LogP contribution in [0.25, 0.3) is 0 Å². The third-order valence-corrected chi connectivity index (χ3v) is 4.75. The third kappa shape index (κ3) is 3.28. The number of hydrogen-bond acceptors (Lipinski definition) is 4. The minimum atomic E-state index is -0.695. The Kier molecular flexibility index (Phi) is 4.96. The number of fused-ring (bicyclic) bond motifs is 1. The van der Waals surface area contributed by atoms with Crippen molar-refractivity contribution in [1.29, 1.82) is 5.26 Å². The summed E-state index contributed by atoms with van der Waals surface area (Å²) in [5.41, 5.74) is 0.0746. The largest absolute Gasteiger partial charge is 0.340 e. The summed E-state index contributed by atoms with van der Waals surface area (Å²) in [5.74, 6) is -0.387. The van der Waals surface area contributed by atoms with Crippen LogP contribution in [0, 0.1) is 11.3 Å². The molecular formula is C18H17ClN4O3. The zero-order valence-electron chi connectivity index (χ0n) is 14.2. The van der Waals surface area contributed by atoms with Gasteiger partial charge in [0.05, 0.1) is 0 Å². The number of benzene rings is 1. The highest BCUT2D eigenvalue weighted by Gasteiger charge is 2.24. The number of nitrogens with zero attached hydrogens (tertiary/aromatic N) is 4. The van der Waals surface area contributed by atoms with E-state index in [4.69, 9.17) is 11.6 Å². The first-order valence-electron chi connectivity index (χ1n) is 8.17. The predicted octanol–water partition coefficient (Wildman–Crippen LogP) is 1.14. The van der Waals surface area contributed by atoms with Crippen molar-refractivity contribution < 1.29 is 4.79 Å². The standard InChI is InChI=1S/C18H17ClN4O3/c1-21(10-12-4-6-13(19)7-5-12)16(24)11-23-17(25)14(9-20)15-3-2-8-22(15)18(23)26/h4-7H,2-3,8,10-11H2,1H3. The molecule has 0 saturated heterocycles. The average molecular weight is 373 g/mol. The van der Waals surface area contributed by atoms with Crippen LogP contribution in [-0.4, -0.2) is 27.0 Å². The second-order valence-electron chi connectivity index (χ2n) is 6.24. The molecule has 1 aromatic carbocycles. The molecular weight excluding hydrogens is 356 g/mol. The van der Waals surface area contributed by atoms with Crippen molar-refractivity contribution in [2.45, 2.75) is 32.5 Å². The number of amides is 1. The van der Waals surface area contributed by atoms with E-state index in [0.717, 1.165) is 10.1 Å². The molecule has 1 aliphatic heterocycles. The SMILES string of the molecule is CN(Cc1ccc(Cl)cc1)C(=O)Cn1c(=O)c(C#N)c2n(c1=O)CCC2. The fraction of sp³-hybridized carbons (Fsp3) is 0.333. The van der Waals surface area contributed by atoms with E-state index in [1.54, 1.807) is 31.3 Å². The first kappa shape index (κ1) is 18.0. The lowest BCUT2D eigenvalue weighted by Gasteiger charge is -2.18. The molecule has 3 rings (SSSR count). The molecule has 26 heavy (non-hydrogen) atoms. The van der Waals surface area contributed by atoms with Gasteiger partial charge in [-0.15, -0.1) is 0 Å².